The van der Waals surface area contributed by atoms with Crippen LogP contribution in [-0.2, 0) is 4.79 Å². The number of nitrogens with two attached hydrogens (primary N) is 1. The Kier molecular flexibility index (Phi) is 5.56. The third kappa shape index (κ3) is 3.93. The average molecular weight is 418 g/mol. The number of likely N-dealkylation sites (N-methyl/N-ethyl adjacent to an activating group) is 1. The van der Waals surface area contributed by atoms with E-state index >= 15 is 0 Å². The fourth-order valence-electron chi connectivity index (χ4n) is 2.89. The molecule has 0 atom stereocenters. The number of allylic oxidation sites excluding steroid dienone is 1. The molecule has 9 heteroatoms. The minimum absolute atomic E-state index is 0.0202. The topological polar surface area (TPSA) is 94.2 Å². The number of hydrogen-bond donors (Lipinski definition) is 4. The standard InChI is InChI=1S/C20H18ClF2N5O/c1-26-8-12-19(25)13(9-28(2)20(12)29)11-6-16(24)14(21)7-18(11)27-17-4-3-10(22)5-15(17)23/h3-9,25-27H,24H2,1-2H3/b12-8+,25-19?. The van der Waals surface area contributed by atoms with E-state index in [4.69, 9.17) is 22.7 Å². The van der Waals surface area contributed by atoms with E-state index in [9.17, 15) is 13.6 Å². The number of benzene rings is 2. The maximum absolute atomic E-state index is 14.2. The number of carbonyl (C=O) groups excluding carboxylic acids is 1. The number of nitrogens with zero attached hydrogens (tertiary/aromatic N) is 1. The maximum atomic E-state index is 14.2. The predicted molar refractivity (Wildman–Crippen MR) is 111 cm³/mol. The Morgan fingerprint density at radius 1 is 1.21 bits per heavy atom. The molecule has 0 bridgehead atoms. The molecule has 0 aromatic heterocycles. The van der Waals surface area contributed by atoms with E-state index < -0.39 is 11.6 Å². The van der Waals surface area contributed by atoms with Crippen molar-refractivity contribution in [2.24, 2.45) is 0 Å². The van der Waals surface area contributed by atoms with Crippen LogP contribution in [0.1, 0.15) is 5.56 Å². The summed E-state index contributed by atoms with van der Waals surface area (Å²) in [4.78, 5) is 13.7. The lowest BCUT2D eigenvalue weighted by molar-refractivity contribution is -0.123. The van der Waals surface area contributed by atoms with Crippen LogP contribution >= 0.6 is 11.6 Å². The fourth-order valence-corrected chi connectivity index (χ4v) is 3.06. The van der Waals surface area contributed by atoms with Gasteiger partial charge in [0.15, 0.2) is 0 Å². The first-order chi connectivity index (χ1) is 13.7. The van der Waals surface area contributed by atoms with Crippen LogP contribution in [0.2, 0.25) is 5.02 Å². The fraction of sp³-hybridized carbons (Fsp3) is 0.100. The zero-order chi connectivity index (χ0) is 21.3. The molecule has 0 unspecified atom stereocenters. The van der Waals surface area contributed by atoms with Crippen molar-refractivity contribution in [1.82, 2.24) is 10.2 Å². The Morgan fingerprint density at radius 3 is 2.59 bits per heavy atom. The van der Waals surface area contributed by atoms with Gasteiger partial charge in [-0.25, -0.2) is 8.78 Å². The first-order valence-corrected chi connectivity index (χ1v) is 8.88. The summed E-state index contributed by atoms with van der Waals surface area (Å²) in [6.45, 7) is 0. The van der Waals surface area contributed by atoms with E-state index in [2.05, 4.69) is 10.6 Å². The molecule has 0 saturated heterocycles. The number of rotatable bonds is 4. The van der Waals surface area contributed by atoms with Crippen LogP contribution in [0.5, 0.6) is 0 Å². The summed E-state index contributed by atoms with van der Waals surface area (Å²) in [7, 11) is 3.18. The minimum atomic E-state index is -0.792. The van der Waals surface area contributed by atoms with Crippen molar-refractivity contribution in [3.63, 3.8) is 0 Å². The summed E-state index contributed by atoms with van der Waals surface area (Å²) >= 11 is 6.14. The SMILES string of the molecule is CN/C=C1\C(=N)C(c2cc(N)c(Cl)cc2Nc2ccc(F)cc2F)=CN(C)C1=O. The molecule has 1 amide bonds. The molecule has 1 aliphatic heterocycles. The molecule has 1 heterocycles. The van der Waals surface area contributed by atoms with Crippen molar-refractivity contribution in [2.45, 2.75) is 0 Å². The Bertz CT molecular complexity index is 1080. The van der Waals surface area contributed by atoms with Crippen molar-refractivity contribution < 1.29 is 13.6 Å². The van der Waals surface area contributed by atoms with Crippen LogP contribution in [-0.4, -0.2) is 30.6 Å². The van der Waals surface area contributed by atoms with Crippen LogP contribution in [0.4, 0.5) is 25.8 Å². The first-order valence-electron chi connectivity index (χ1n) is 8.50. The molecule has 0 spiro atoms. The van der Waals surface area contributed by atoms with Gasteiger partial charge in [0, 0.05) is 49.4 Å². The zero-order valence-electron chi connectivity index (χ0n) is 15.6. The molecule has 0 fully saturated rings. The largest absolute Gasteiger partial charge is 0.398 e. The van der Waals surface area contributed by atoms with Crippen LogP contribution in [0.3, 0.4) is 0 Å². The third-order valence-corrected chi connectivity index (χ3v) is 4.66. The molecule has 3 rings (SSSR count). The van der Waals surface area contributed by atoms with Crippen LogP contribution in [0.25, 0.3) is 5.57 Å². The van der Waals surface area contributed by atoms with Crippen molar-refractivity contribution in [1.29, 1.82) is 5.41 Å². The Morgan fingerprint density at radius 2 is 1.93 bits per heavy atom. The summed E-state index contributed by atoms with van der Waals surface area (Å²) in [6.07, 6.45) is 2.92. The highest BCUT2D eigenvalue weighted by Gasteiger charge is 2.29. The van der Waals surface area contributed by atoms with E-state index in [0.717, 1.165) is 12.1 Å². The van der Waals surface area contributed by atoms with Crippen LogP contribution in [0.15, 0.2) is 48.3 Å². The summed E-state index contributed by atoms with van der Waals surface area (Å²) in [5.74, 6) is -1.85. The van der Waals surface area contributed by atoms with Crippen molar-refractivity contribution in [3.8, 4) is 0 Å². The Hall–Kier alpha value is -3.39. The van der Waals surface area contributed by atoms with E-state index in [-0.39, 0.29) is 33.6 Å². The zero-order valence-corrected chi connectivity index (χ0v) is 16.4. The van der Waals surface area contributed by atoms with Gasteiger partial charge in [-0.05, 0) is 24.3 Å². The van der Waals surface area contributed by atoms with E-state index in [1.807, 2.05) is 0 Å². The second-order valence-corrected chi connectivity index (χ2v) is 6.76. The van der Waals surface area contributed by atoms with Crippen molar-refractivity contribution in [3.05, 3.63) is 70.5 Å². The maximum Gasteiger partial charge on any atom is 0.261 e. The molecule has 0 aliphatic carbocycles. The summed E-state index contributed by atoms with van der Waals surface area (Å²) in [5.41, 5.74) is 7.49. The summed E-state index contributed by atoms with van der Waals surface area (Å²) in [6, 6.07) is 6.14. The van der Waals surface area contributed by atoms with E-state index in [1.165, 1.54) is 35.5 Å². The summed E-state index contributed by atoms with van der Waals surface area (Å²) in [5, 5.41) is 14.3. The van der Waals surface area contributed by atoms with E-state index in [0.29, 0.717) is 16.8 Å². The van der Waals surface area contributed by atoms with Gasteiger partial charge in [0.25, 0.3) is 5.91 Å². The van der Waals surface area contributed by atoms with Gasteiger partial charge < -0.3 is 21.3 Å². The predicted octanol–water partition coefficient (Wildman–Crippen LogP) is 3.88. The molecular weight excluding hydrogens is 400 g/mol. The number of carbonyl (C=O) groups is 1. The molecule has 1 aliphatic rings. The van der Waals surface area contributed by atoms with Gasteiger partial charge in [0.1, 0.15) is 11.6 Å². The molecule has 2 aromatic carbocycles. The summed E-state index contributed by atoms with van der Waals surface area (Å²) < 4.78 is 27.4. The van der Waals surface area contributed by atoms with Gasteiger partial charge in [-0.2, -0.15) is 0 Å². The Balaban J connectivity index is 2.15. The van der Waals surface area contributed by atoms with Crippen LogP contribution in [0, 0.1) is 17.0 Å². The molecule has 29 heavy (non-hydrogen) atoms. The number of amides is 1. The number of nitrogen functional groups attached to an aromatic ring is 1. The average Bonchev–Trinajstić information content (AvgIpc) is 2.67. The van der Waals surface area contributed by atoms with Gasteiger partial charge in [-0.3, -0.25) is 10.2 Å². The smallest absolute Gasteiger partial charge is 0.261 e. The molecular formula is C20H18ClF2N5O. The highest BCUT2D eigenvalue weighted by molar-refractivity contribution is 6.42. The minimum Gasteiger partial charge on any atom is -0.398 e. The van der Waals surface area contributed by atoms with Crippen molar-refractivity contribution in [2.75, 3.05) is 25.1 Å². The number of nitrogens with one attached hydrogen (secondary N) is 3. The van der Waals surface area contributed by atoms with Gasteiger partial charge >= 0.3 is 0 Å². The lowest BCUT2D eigenvalue weighted by Gasteiger charge is -2.26. The van der Waals surface area contributed by atoms with Gasteiger partial charge in [-0.15, -0.1) is 0 Å². The third-order valence-electron chi connectivity index (χ3n) is 4.33. The lowest BCUT2D eigenvalue weighted by atomic mass is 9.92. The molecule has 5 N–H and O–H groups in total. The quantitative estimate of drug-likeness (QED) is 0.448. The van der Waals surface area contributed by atoms with E-state index in [1.54, 1.807) is 14.1 Å². The molecule has 150 valence electrons. The molecule has 2 aromatic rings. The molecule has 0 saturated carbocycles. The molecule has 0 radical (unpaired) electrons. The number of hydrogen-bond acceptors (Lipinski definition) is 5. The lowest BCUT2D eigenvalue weighted by Crippen LogP contribution is -2.33. The first kappa shape index (κ1) is 20.3. The molecule has 6 nitrogen and oxygen atoms in total. The highest BCUT2D eigenvalue weighted by Crippen LogP contribution is 2.37. The van der Waals surface area contributed by atoms with Gasteiger partial charge in [0.05, 0.1) is 27.7 Å². The Labute approximate surface area is 171 Å². The number of halogens is 3. The second kappa shape index (κ2) is 7.92. The highest BCUT2D eigenvalue weighted by atomic mass is 35.5. The number of anilines is 3. The normalized spacial score (nSPS) is 15.6. The van der Waals surface area contributed by atoms with Gasteiger partial charge in [-0.1, -0.05) is 11.6 Å². The second-order valence-electron chi connectivity index (χ2n) is 6.35. The van der Waals surface area contributed by atoms with Gasteiger partial charge in [0.2, 0.25) is 0 Å². The van der Waals surface area contributed by atoms with Crippen LogP contribution < -0.4 is 16.4 Å². The monoisotopic (exact) mass is 417 g/mol. The van der Waals surface area contributed by atoms with Crippen molar-refractivity contribution >= 4 is 45.9 Å².